The molecule has 0 bridgehead atoms. The maximum absolute atomic E-state index is 10.4. The van der Waals surface area contributed by atoms with Gasteiger partial charge in [-0.3, -0.25) is 0 Å². The summed E-state index contributed by atoms with van der Waals surface area (Å²) in [5.41, 5.74) is 5.73. The Morgan fingerprint density at radius 3 is 2.40 bits per heavy atom. The van der Waals surface area contributed by atoms with E-state index in [4.69, 9.17) is 10.5 Å². The molecule has 0 saturated carbocycles. The summed E-state index contributed by atoms with van der Waals surface area (Å²) in [5.74, 6) is 0.799. The van der Waals surface area contributed by atoms with E-state index in [1.54, 1.807) is 0 Å². The second-order valence-corrected chi connectivity index (χ2v) is 3.42. The molecule has 15 heavy (non-hydrogen) atoms. The van der Waals surface area contributed by atoms with Gasteiger partial charge in [-0.25, -0.2) is 4.79 Å². The molecule has 4 heteroatoms. The fraction of sp³-hybridized carbons (Fsp3) is 0.364. The van der Waals surface area contributed by atoms with Crippen LogP contribution in [0.2, 0.25) is 0 Å². The highest BCUT2D eigenvalue weighted by Gasteiger charge is 1.99. The van der Waals surface area contributed by atoms with Crippen molar-refractivity contribution in [3.8, 4) is 5.75 Å². The van der Waals surface area contributed by atoms with Crippen LogP contribution < -0.4 is 10.5 Å². The van der Waals surface area contributed by atoms with Crippen molar-refractivity contribution < 1.29 is 14.3 Å². The van der Waals surface area contributed by atoms with Gasteiger partial charge in [0.05, 0.1) is 6.10 Å². The molecule has 82 valence electrons. The minimum absolute atomic E-state index is 0.151. The van der Waals surface area contributed by atoms with Crippen molar-refractivity contribution in [3.63, 3.8) is 0 Å². The lowest BCUT2D eigenvalue weighted by Gasteiger charge is -2.09. The van der Waals surface area contributed by atoms with Gasteiger partial charge in [0, 0.05) is 0 Å². The number of nitrogens with two attached hydrogens (primary N) is 1. The first kappa shape index (κ1) is 11.4. The summed E-state index contributed by atoms with van der Waals surface area (Å²) >= 11 is 0. The Hall–Kier alpha value is -1.71. The number of rotatable bonds is 4. The molecule has 0 saturated heterocycles. The summed E-state index contributed by atoms with van der Waals surface area (Å²) in [6.07, 6.45) is -0.616. The second kappa shape index (κ2) is 5.24. The maximum atomic E-state index is 10.4. The smallest absolute Gasteiger partial charge is 0.404 e. The Morgan fingerprint density at radius 1 is 1.33 bits per heavy atom. The van der Waals surface area contributed by atoms with Crippen molar-refractivity contribution in [1.29, 1.82) is 0 Å². The highest BCUT2D eigenvalue weighted by molar-refractivity contribution is 5.64. The molecule has 0 aliphatic carbocycles. The van der Waals surface area contributed by atoms with E-state index >= 15 is 0 Å². The predicted molar refractivity (Wildman–Crippen MR) is 56.6 cm³/mol. The van der Waals surface area contributed by atoms with Gasteiger partial charge < -0.3 is 15.2 Å². The van der Waals surface area contributed by atoms with Gasteiger partial charge in [0.15, 0.2) is 0 Å². The molecular weight excluding hydrogens is 194 g/mol. The van der Waals surface area contributed by atoms with Gasteiger partial charge in [-0.15, -0.1) is 0 Å². The van der Waals surface area contributed by atoms with Crippen molar-refractivity contribution in [3.05, 3.63) is 29.8 Å². The fourth-order valence-corrected chi connectivity index (χ4v) is 1.09. The number of benzene rings is 1. The number of hydrogen-bond donors (Lipinski definition) is 1. The summed E-state index contributed by atoms with van der Waals surface area (Å²) in [4.78, 5) is 10.4. The zero-order chi connectivity index (χ0) is 11.3. The molecule has 1 aromatic rings. The molecule has 1 amide bonds. The third kappa shape index (κ3) is 4.35. The average Bonchev–Trinajstić information content (AvgIpc) is 2.16. The van der Waals surface area contributed by atoms with E-state index in [-0.39, 0.29) is 12.7 Å². The van der Waals surface area contributed by atoms with Gasteiger partial charge in [0.2, 0.25) is 0 Å². The van der Waals surface area contributed by atoms with Crippen molar-refractivity contribution >= 4 is 6.09 Å². The summed E-state index contributed by atoms with van der Waals surface area (Å²) in [7, 11) is 0. The Morgan fingerprint density at radius 2 is 1.93 bits per heavy atom. The van der Waals surface area contributed by atoms with Crippen LogP contribution in [0.4, 0.5) is 4.79 Å². The zero-order valence-electron chi connectivity index (χ0n) is 8.90. The summed E-state index contributed by atoms with van der Waals surface area (Å²) in [6, 6.07) is 7.33. The van der Waals surface area contributed by atoms with Crippen LogP contribution in [0.1, 0.15) is 19.4 Å². The van der Waals surface area contributed by atoms with Crippen LogP contribution in [-0.4, -0.2) is 12.2 Å². The third-order valence-electron chi connectivity index (χ3n) is 1.68. The van der Waals surface area contributed by atoms with Gasteiger partial charge in [-0.2, -0.15) is 0 Å². The highest BCUT2D eigenvalue weighted by atomic mass is 16.5. The molecule has 0 aliphatic heterocycles. The van der Waals surface area contributed by atoms with Gasteiger partial charge in [-0.05, 0) is 31.5 Å². The molecule has 0 atom stereocenters. The van der Waals surface area contributed by atoms with Crippen molar-refractivity contribution in [2.75, 3.05) is 0 Å². The maximum Gasteiger partial charge on any atom is 0.404 e. The highest BCUT2D eigenvalue weighted by Crippen LogP contribution is 2.14. The minimum Gasteiger partial charge on any atom is -0.491 e. The predicted octanol–water partition coefficient (Wildman–Crippen LogP) is 2.07. The topological polar surface area (TPSA) is 61.6 Å². The number of carbonyl (C=O) groups is 1. The normalized spacial score (nSPS) is 10.1. The number of primary amides is 1. The van der Waals surface area contributed by atoms with E-state index < -0.39 is 6.09 Å². The molecule has 2 N–H and O–H groups in total. The van der Waals surface area contributed by atoms with E-state index in [0.29, 0.717) is 0 Å². The van der Waals surface area contributed by atoms with Crippen molar-refractivity contribution in [2.24, 2.45) is 5.73 Å². The molecule has 0 fully saturated rings. The molecule has 0 aromatic heterocycles. The molecule has 0 aliphatic rings. The first-order valence-electron chi connectivity index (χ1n) is 4.76. The van der Waals surface area contributed by atoms with Crippen LogP contribution in [0, 0.1) is 0 Å². The third-order valence-corrected chi connectivity index (χ3v) is 1.68. The standard InChI is InChI=1S/C11H15NO3/c1-8(2)15-10-5-3-9(4-6-10)7-14-11(12)13/h3-6,8H,7H2,1-2H3,(H2,12,13). The quantitative estimate of drug-likeness (QED) is 0.825. The fourth-order valence-electron chi connectivity index (χ4n) is 1.09. The van der Waals surface area contributed by atoms with Gasteiger partial charge in [-0.1, -0.05) is 12.1 Å². The summed E-state index contributed by atoms with van der Waals surface area (Å²) < 4.78 is 10.1. The molecule has 4 nitrogen and oxygen atoms in total. The average molecular weight is 209 g/mol. The Labute approximate surface area is 89.0 Å². The first-order chi connectivity index (χ1) is 7.08. The molecule has 0 unspecified atom stereocenters. The van der Waals surface area contributed by atoms with Crippen LogP contribution in [0.5, 0.6) is 5.75 Å². The number of amides is 1. The lowest BCUT2D eigenvalue weighted by atomic mass is 10.2. The van der Waals surface area contributed by atoms with Crippen LogP contribution in [0.3, 0.4) is 0 Å². The lowest BCUT2D eigenvalue weighted by Crippen LogP contribution is -2.12. The summed E-state index contributed by atoms with van der Waals surface area (Å²) in [6.45, 7) is 4.12. The monoisotopic (exact) mass is 209 g/mol. The summed E-state index contributed by atoms with van der Waals surface area (Å²) in [5, 5.41) is 0. The number of ether oxygens (including phenoxy) is 2. The molecule has 0 spiro atoms. The minimum atomic E-state index is -0.766. The van der Waals surface area contributed by atoms with Crippen LogP contribution in [0.25, 0.3) is 0 Å². The Bertz CT molecular complexity index is 319. The van der Waals surface area contributed by atoms with Gasteiger partial charge in [0.1, 0.15) is 12.4 Å². The largest absolute Gasteiger partial charge is 0.491 e. The van der Waals surface area contributed by atoms with E-state index in [1.807, 2.05) is 38.1 Å². The molecule has 1 rings (SSSR count). The Kier molecular flexibility index (Phi) is 3.97. The lowest BCUT2D eigenvalue weighted by molar-refractivity contribution is 0.150. The van der Waals surface area contributed by atoms with Crippen LogP contribution in [0.15, 0.2) is 24.3 Å². The van der Waals surface area contributed by atoms with Gasteiger partial charge >= 0.3 is 6.09 Å². The zero-order valence-corrected chi connectivity index (χ0v) is 8.90. The first-order valence-corrected chi connectivity index (χ1v) is 4.76. The molecule has 0 radical (unpaired) electrons. The molecular formula is C11H15NO3. The van der Waals surface area contributed by atoms with Gasteiger partial charge in [0.25, 0.3) is 0 Å². The Balaban J connectivity index is 2.52. The molecule has 1 aromatic carbocycles. The van der Waals surface area contributed by atoms with E-state index in [9.17, 15) is 4.79 Å². The van der Waals surface area contributed by atoms with Crippen LogP contribution in [-0.2, 0) is 11.3 Å². The van der Waals surface area contributed by atoms with Crippen molar-refractivity contribution in [1.82, 2.24) is 0 Å². The van der Waals surface area contributed by atoms with E-state index in [0.717, 1.165) is 11.3 Å². The van der Waals surface area contributed by atoms with E-state index in [2.05, 4.69) is 4.74 Å². The van der Waals surface area contributed by atoms with Crippen LogP contribution >= 0.6 is 0 Å². The van der Waals surface area contributed by atoms with Crippen molar-refractivity contribution in [2.45, 2.75) is 26.6 Å². The van der Waals surface area contributed by atoms with E-state index in [1.165, 1.54) is 0 Å². The second-order valence-electron chi connectivity index (χ2n) is 3.42. The number of hydrogen-bond acceptors (Lipinski definition) is 3. The number of carbonyl (C=O) groups excluding carboxylic acids is 1. The SMILES string of the molecule is CC(C)Oc1ccc(COC(N)=O)cc1. The molecule has 0 heterocycles.